The van der Waals surface area contributed by atoms with Gasteiger partial charge in [0.05, 0.1) is 16.4 Å². The van der Waals surface area contributed by atoms with Crippen LogP contribution in [0.15, 0.2) is 83.8 Å². The minimum atomic E-state index is -3.87. The number of non-ortho nitro benzene ring substituents is 1. The van der Waals surface area contributed by atoms with Crippen molar-refractivity contribution in [3.05, 3.63) is 94.5 Å². The number of Topliss-reactive ketones (excluding diaryl/α,β-unsaturated/α-hetero) is 1. The quantitative estimate of drug-likeness (QED) is 0.197. The van der Waals surface area contributed by atoms with E-state index in [1.165, 1.54) is 48.5 Å². The van der Waals surface area contributed by atoms with E-state index in [-0.39, 0.29) is 28.0 Å². The average molecular weight is 471 g/mol. The summed E-state index contributed by atoms with van der Waals surface area (Å²) in [6.45, 7) is -0.352. The van der Waals surface area contributed by atoms with Crippen molar-refractivity contribution in [3.63, 3.8) is 0 Å². The van der Waals surface area contributed by atoms with Crippen LogP contribution in [0.5, 0.6) is 0 Å². The van der Waals surface area contributed by atoms with Crippen molar-refractivity contribution in [2.24, 2.45) is 0 Å². The van der Waals surface area contributed by atoms with Gasteiger partial charge in [0.15, 0.2) is 10.9 Å². The number of benzene rings is 3. The molecule has 0 saturated carbocycles. The summed E-state index contributed by atoms with van der Waals surface area (Å²) in [5.74, 6) is -0.338. The van der Waals surface area contributed by atoms with E-state index >= 15 is 0 Å². The first kappa shape index (κ1) is 23.0. The number of nitrogens with zero attached hydrogens (tertiary/aromatic N) is 1. The number of nitrogens with one attached hydrogen (secondary N) is 3. The normalized spacial score (nSPS) is 10.9. The summed E-state index contributed by atoms with van der Waals surface area (Å²) < 4.78 is 27.2. The van der Waals surface area contributed by atoms with Crippen molar-refractivity contribution < 1.29 is 18.1 Å². The van der Waals surface area contributed by atoms with Gasteiger partial charge >= 0.3 is 0 Å². The van der Waals surface area contributed by atoms with Gasteiger partial charge in [0.25, 0.3) is 5.69 Å². The van der Waals surface area contributed by atoms with Crippen LogP contribution in [0.3, 0.4) is 0 Å². The molecule has 0 atom stereocenters. The zero-order valence-corrected chi connectivity index (χ0v) is 18.2. The first-order valence-corrected chi connectivity index (χ1v) is 11.1. The molecule has 164 valence electrons. The number of hydrogen-bond acceptors (Lipinski definition) is 6. The largest absolute Gasteiger partial charge is 0.332 e. The summed E-state index contributed by atoms with van der Waals surface area (Å²) in [6.07, 6.45) is 0. The van der Waals surface area contributed by atoms with E-state index in [2.05, 4.69) is 15.4 Å². The Morgan fingerprint density at radius 2 is 1.41 bits per heavy atom. The van der Waals surface area contributed by atoms with Crippen LogP contribution in [-0.4, -0.2) is 30.8 Å². The predicted molar refractivity (Wildman–Crippen MR) is 125 cm³/mol. The van der Waals surface area contributed by atoms with Crippen molar-refractivity contribution >= 4 is 50.2 Å². The molecule has 0 aromatic heterocycles. The first-order chi connectivity index (χ1) is 15.2. The molecule has 0 aliphatic carbocycles. The second-order valence-corrected chi connectivity index (χ2v) is 8.70. The fourth-order valence-electron chi connectivity index (χ4n) is 2.65. The van der Waals surface area contributed by atoms with Gasteiger partial charge in [-0.1, -0.05) is 30.3 Å². The van der Waals surface area contributed by atoms with E-state index < -0.39 is 14.9 Å². The molecule has 3 aromatic carbocycles. The lowest BCUT2D eigenvalue weighted by molar-refractivity contribution is -0.384. The Hall–Kier alpha value is -3.67. The van der Waals surface area contributed by atoms with E-state index in [0.29, 0.717) is 16.9 Å². The Balaban J connectivity index is 1.57. The van der Waals surface area contributed by atoms with Gasteiger partial charge in [0.2, 0.25) is 10.0 Å². The molecule has 0 radical (unpaired) electrons. The molecule has 0 saturated heterocycles. The maximum absolute atomic E-state index is 12.4. The zero-order chi connectivity index (χ0) is 23.1. The number of nitro benzene ring substituents is 1. The van der Waals surface area contributed by atoms with Crippen molar-refractivity contribution in [1.29, 1.82) is 0 Å². The summed E-state index contributed by atoms with van der Waals surface area (Å²) in [5, 5.41) is 16.7. The van der Waals surface area contributed by atoms with Crippen molar-refractivity contribution in [2.45, 2.75) is 4.90 Å². The van der Waals surface area contributed by atoms with Crippen LogP contribution in [0, 0.1) is 10.1 Å². The monoisotopic (exact) mass is 470 g/mol. The van der Waals surface area contributed by atoms with Crippen LogP contribution in [0.4, 0.5) is 17.1 Å². The summed E-state index contributed by atoms with van der Waals surface area (Å²) >= 11 is 5.20. The maximum atomic E-state index is 12.4. The highest BCUT2D eigenvalue weighted by Crippen LogP contribution is 2.17. The van der Waals surface area contributed by atoms with E-state index in [9.17, 15) is 23.3 Å². The molecule has 0 unspecified atom stereocenters. The number of carbonyl (C=O) groups excluding carboxylic acids is 1. The van der Waals surface area contributed by atoms with Crippen LogP contribution < -0.4 is 15.4 Å². The third-order valence-corrected chi connectivity index (χ3v) is 5.90. The Morgan fingerprint density at radius 1 is 0.875 bits per heavy atom. The zero-order valence-electron chi connectivity index (χ0n) is 16.5. The van der Waals surface area contributed by atoms with Crippen LogP contribution in [0.25, 0.3) is 0 Å². The van der Waals surface area contributed by atoms with Crippen LogP contribution in [-0.2, 0) is 10.0 Å². The average Bonchev–Trinajstić information content (AvgIpc) is 2.79. The molecular weight excluding hydrogens is 452 g/mol. The molecule has 0 bridgehead atoms. The van der Waals surface area contributed by atoms with Crippen LogP contribution in [0.2, 0.25) is 0 Å². The third-order valence-electron chi connectivity index (χ3n) is 4.28. The predicted octanol–water partition coefficient (Wildman–Crippen LogP) is 3.56. The molecule has 0 spiro atoms. The van der Waals surface area contributed by atoms with Gasteiger partial charge in [0, 0.05) is 29.1 Å². The van der Waals surface area contributed by atoms with E-state index in [4.69, 9.17) is 12.2 Å². The highest BCUT2D eigenvalue weighted by Gasteiger charge is 2.16. The second-order valence-electron chi connectivity index (χ2n) is 6.52. The molecule has 0 fully saturated rings. The van der Waals surface area contributed by atoms with E-state index in [1.54, 1.807) is 30.3 Å². The lowest BCUT2D eigenvalue weighted by Crippen LogP contribution is -2.29. The minimum Gasteiger partial charge on any atom is -0.332 e. The summed E-state index contributed by atoms with van der Waals surface area (Å²) in [6, 6.07) is 19.9. The Labute approximate surface area is 189 Å². The van der Waals surface area contributed by atoms with Gasteiger partial charge in [0.1, 0.15) is 0 Å². The fourth-order valence-corrected chi connectivity index (χ4v) is 3.87. The molecule has 0 amide bonds. The number of carbonyl (C=O) groups is 1. The van der Waals surface area contributed by atoms with Crippen molar-refractivity contribution in [2.75, 3.05) is 17.2 Å². The minimum absolute atomic E-state index is 0.00171. The molecule has 3 N–H and O–H groups in total. The highest BCUT2D eigenvalue weighted by molar-refractivity contribution is 7.89. The molecule has 3 aromatic rings. The summed E-state index contributed by atoms with van der Waals surface area (Å²) in [4.78, 5) is 22.3. The second kappa shape index (κ2) is 10.1. The van der Waals surface area contributed by atoms with Crippen LogP contribution >= 0.6 is 12.2 Å². The van der Waals surface area contributed by atoms with Gasteiger partial charge in [-0.25, -0.2) is 13.1 Å². The Morgan fingerprint density at radius 3 is 1.94 bits per heavy atom. The molecule has 0 aliphatic heterocycles. The van der Waals surface area contributed by atoms with Gasteiger partial charge in [-0.05, 0) is 48.6 Å². The summed E-state index contributed by atoms with van der Waals surface area (Å²) in [7, 11) is -3.87. The first-order valence-electron chi connectivity index (χ1n) is 9.25. The highest BCUT2D eigenvalue weighted by atomic mass is 32.2. The number of rotatable bonds is 8. The Kier molecular flexibility index (Phi) is 7.25. The number of anilines is 2. The van der Waals surface area contributed by atoms with Gasteiger partial charge < -0.3 is 10.6 Å². The summed E-state index contributed by atoms with van der Waals surface area (Å²) in [5.41, 5.74) is 1.47. The molecular formula is C21H18N4O5S2. The fraction of sp³-hybridized carbons (Fsp3) is 0.0476. The molecule has 0 heterocycles. The van der Waals surface area contributed by atoms with E-state index in [1.807, 2.05) is 0 Å². The topological polar surface area (TPSA) is 130 Å². The lowest BCUT2D eigenvalue weighted by atomic mass is 10.1. The van der Waals surface area contributed by atoms with E-state index in [0.717, 1.165) is 0 Å². The van der Waals surface area contributed by atoms with Crippen molar-refractivity contribution in [3.8, 4) is 0 Å². The van der Waals surface area contributed by atoms with Gasteiger partial charge in [-0.2, -0.15) is 0 Å². The number of hydrogen-bond donors (Lipinski definition) is 3. The van der Waals surface area contributed by atoms with Crippen LogP contribution in [0.1, 0.15) is 10.4 Å². The Bertz CT molecular complexity index is 1230. The molecule has 0 aliphatic rings. The number of thiocarbonyl (C=S) groups is 1. The van der Waals surface area contributed by atoms with Gasteiger partial charge in [-0.3, -0.25) is 14.9 Å². The number of ketones is 1. The standard InChI is InChI=1S/C21H18N4O5S2/c26-20(15-4-2-1-3-5-15)14-22-32(29,30)19-12-8-17(9-13-19)24-21(31)23-16-6-10-18(11-7-16)25(27)28/h1-13,22H,14H2,(H2,23,24,31). The smallest absolute Gasteiger partial charge is 0.269 e. The maximum Gasteiger partial charge on any atom is 0.269 e. The van der Waals surface area contributed by atoms with Crippen molar-refractivity contribution in [1.82, 2.24) is 4.72 Å². The number of nitro groups is 1. The third kappa shape index (κ3) is 6.17. The molecule has 9 nitrogen and oxygen atoms in total. The molecule has 3 rings (SSSR count). The number of sulfonamides is 1. The van der Waals surface area contributed by atoms with Gasteiger partial charge in [-0.15, -0.1) is 0 Å². The SMILES string of the molecule is O=C(CNS(=O)(=O)c1ccc(NC(=S)Nc2ccc([N+](=O)[O-])cc2)cc1)c1ccccc1. The lowest BCUT2D eigenvalue weighted by Gasteiger charge is -2.11. The molecule has 11 heteroatoms. The molecule has 32 heavy (non-hydrogen) atoms.